The molecule has 0 bridgehead atoms. The van der Waals surface area contributed by atoms with E-state index in [-0.39, 0.29) is 24.4 Å². The number of likely N-dealkylation sites (tertiary alicyclic amines) is 1. The summed E-state index contributed by atoms with van der Waals surface area (Å²) in [5.41, 5.74) is 5.83. The highest BCUT2D eigenvalue weighted by Crippen LogP contribution is 2.17. The molecule has 0 spiro atoms. The van der Waals surface area contributed by atoms with Gasteiger partial charge in [0, 0.05) is 12.6 Å². The fourth-order valence-corrected chi connectivity index (χ4v) is 2.74. The van der Waals surface area contributed by atoms with Gasteiger partial charge >= 0.3 is 0 Å². The van der Waals surface area contributed by atoms with E-state index in [1.165, 1.54) is 38.6 Å². The number of nitrogens with zero attached hydrogens (tertiary/aromatic N) is 1. The lowest BCUT2D eigenvalue weighted by atomic mass is 10.0. The Morgan fingerprint density at radius 3 is 2.75 bits per heavy atom. The van der Waals surface area contributed by atoms with Gasteiger partial charge in [-0.25, -0.2) is 0 Å². The van der Waals surface area contributed by atoms with E-state index in [9.17, 15) is 4.79 Å². The van der Waals surface area contributed by atoms with Gasteiger partial charge in [0.2, 0.25) is 5.91 Å². The molecular weight excluding hydrogens is 274 g/mol. The molecule has 1 fully saturated rings. The van der Waals surface area contributed by atoms with Gasteiger partial charge < -0.3 is 11.1 Å². The minimum absolute atomic E-state index is 0. The van der Waals surface area contributed by atoms with E-state index >= 15 is 0 Å². The average molecular weight is 306 g/mol. The van der Waals surface area contributed by atoms with Gasteiger partial charge in [-0.05, 0) is 38.8 Å². The summed E-state index contributed by atoms with van der Waals surface area (Å²) in [6, 6.07) is 0.177. The van der Waals surface area contributed by atoms with Crippen molar-refractivity contribution in [1.29, 1.82) is 0 Å². The van der Waals surface area contributed by atoms with Crippen LogP contribution in [0.3, 0.4) is 0 Å². The number of hydrogen-bond donors (Lipinski definition) is 2. The van der Waals surface area contributed by atoms with Crippen LogP contribution in [-0.2, 0) is 4.79 Å². The fraction of sp³-hybridized carbons (Fsp3) is 0.933. The van der Waals surface area contributed by atoms with Crippen molar-refractivity contribution in [3.8, 4) is 0 Å². The van der Waals surface area contributed by atoms with Gasteiger partial charge in [0.15, 0.2) is 0 Å². The summed E-state index contributed by atoms with van der Waals surface area (Å²) >= 11 is 0. The number of piperidine rings is 1. The van der Waals surface area contributed by atoms with Crippen molar-refractivity contribution < 1.29 is 4.79 Å². The molecule has 0 saturated carbocycles. The highest BCUT2D eigenvalue weighted by molar-refractivity contribution is 5.85. The molecule has 0 radical (unpaired) electrons. The van der Waals surface area contributed by atoms with Crippen molar-refractivity contribution in [3.63, 3.8) is 0 Å². The van der Waals surface area contributed by atoms with Crippen molar-refractivity contribution in [2.24, 2.45) is 5.73 Å². The minimum Gasteiger partial charge on any atom is -0.353 e. The van der Waals surface area contributed by atoms with E-state index in [0.717, 1.165) is 25.9 Å². The van der Waals surface area contributed by atoms with Crippen LogP contribution in [0.25, 0.3) is 0 Å². The second-order valence-corrected chi connectivity index (χ2v) is 5.68. The number of unbranched alkanes of at least 4 members (excludes halogenated alkanes) is 1. The first-order valence-electron chi connectivity index (χ1n) is 7.96. The van der Waals surface area contributed by atoms with E-state index in [0.29, 0.717) is 6.04 Å². The third-order valence-corrected chi connectivity index (χ3v) is 4.00. The van der Waals surface area contributed by atoms with Gasteiger partial charge in [0.05, 0.1) is 6.04 Å². The number of carbonyl (C=O) groups excluding carboxylic acids is 1. The van der Waals surface area contributed by atoms with Gasteiger partial charge in [-0.3, -0.25) is 9.69 Å². The molecule has 0 aromatic carbocycles. The molecule has 1 saturated heterocycles. The quantitative estimate of drug-likeness (QED) is 0.723. The zero-order valence-corrected chi connectivity index (χ0v) is 13.9. The highest BCUT2D eigenvalue weighted by Gasteiger charge is 2.23. The fourth-order valence-electron chi connectivity index (χ4n) is 2.74. The molecule has 4 nitrogen and oxygen atoms in total. The lowest BCUT2D eigenvalue weighted by Gasteiger charge is -2.36. The Morgan fingerprint density at radius 2 is 2.10 bits per heavy atom. The van der Waals surface area contributed by atoms with Crippen LogP contribution in [0.15, 0.2) is 0 Å². The van der Waals surface area contributed by atoms with E-state index in [1.807, 2.05) is 0 Å². The maximum absolute atomic E-state index is 11.8. The van der Waals surface area contributed by atoms with Crippen molar-refractivity contribution in [3.05, 3.63) is 0 Å². The van der Waals surface area contributed by atoms with Crippen molar-refractivity contribution in [2.75, 3.05) is 19.6 Å². The normalized spacial score (nSPS) is 21.1. The average Bonchev–Trinajstić information content (AvgIpc) is 2.43. The summed E-state index contributed by atoms with van der Waals surface area (Å²) < 4.78 is 0. The van der Waals surface area contributed by atoms with Crippen LogP contribution in [0.1, 0.15) is 58.8 Å². The zero-order valence-electron chi connectivity index (χ0n) is 13.1. The molecule has 0 aliphatic carbocycles. The summed E-state index contributed by atoms with van der Waals surface area (Å²) in [7, 11) is 0. The number of nitrogens with one attached hydrogen (secondary N) is 1. The van der Waals surface area contributed by atoms with Crippen LogP contribution < -0.4 is 11.1 Å². The third kappa shape index (κ3) is 6.91. The Morgan fingerprint density at radius 1 is 1.35 bits per heavy atom. The van der Waals surface area contributed by atoms with Crippen molar-refractivity contribution >= 4 is 18.3 Å². The number of amides is 1. The van der Waals surface area contributed by atoms with Crippen LogP contribution in [-0.4, -0.2) is 42.5 Å². The third-order valence-electron chi connectivity index (χ3n) is 4.00. The van der Waals surface area contributed by atoms with Crippen molar-refractivity contribution in [1.82, 2.24) is 10.2 Å². The molecular formula is C15H32ClN3O. The van der Waals surface area contributed by atoms with Gasteiger partial charge in [-0.1, -0.05) is 33.1 Å². The number of nitrogens with two attached hydrogens (primary N) is 1. The first kappa shape index (κ1) is 19.7. The lowest BCUT2D eigenvalue weighted by Crippen LogP contribution is -2.49. The molecule has 1 rings (SSSR count). The Labute approximate surface area is 130 Å². The number of rotatable bonds is 8. The predicted octanol–water partition coefficient (Wildman–Crippen LogP) is 2.31. The Bertz CT molecular complexity index is 264. The molecule has 2 unspecified atom stereocenters. The SMILES string of the molecule is CCCCN1CCCCC1CNC(=O)C(N)CCC.Cl. The summed E-state index contributed by atoms with van der Waals surface area (Å²) in [5.74, 6) is 0.0165. The number of carbonyl (C=O) groups is 1. The topological polar surface area (TPSA) is 58.4 Å². The summed E-state index contributed by atoms with van der Waals surface area (Å²) in [6.07, 6.45) is 7.99. The molecule has 120 valence electrons. The molecule has 1 heterocycles. The van der Waals surface area contributed by atoms with Crippen molar-refractivity contribution in [2.45, 2.75) is 70.9 Å². The molecule has 1 aliphatic rings. The predicted molar refractivity (Wildman–Crippen MR) is 87.3 cm³/mol. The maximum Gasteiger partial charge on any atom is 0.236 e. The Kier molecular flexibility index (Phi) is 11.2. The summed E-state index contributed by atoms with van der Waals surface area (Å²) in [6.45, 7) is 7.39. The highest BCUT2D eigenvalue weighted by atomic mass is 35.5. The zero-order chi connectivity index (χ0) is 14.1. The molecule has 0 aromatic heterocycles. The molecule has 5 heteroatoms. The number of halogens is 1. The molecule has 3 N–H and O–H groups in total. The summed E-state index contributed by atoms with van der Waals surface area (Å²) in [4.78, 5) is 14.4. The Balaban J connectivity index is 0.00000361. The van der Waals surface area contributed by atoms with Crippen LogP contribution in [0.5, 0.6) is 0 Å². The molecule has 1 amide bonds. The van der Waals surface area contributed by atoms with Gasteiger partial charge in [0.1, 0.15) is 0 Å². The number of hydrogen-bond acceptors (Lipinski definition) is 3. The first-order valence-corrected chi connectivity index (χ1v) is 7.96. The molecule has 2 atom stereocenters. The summed E-state index contributed by atoms with van der Waals surface area (Å²) in [5, 5.41) is 3.04. The van der Waals surface area contributed by atoms with Crippen LogP contribution in [0.4, 0.5) is 0 Å². The van der Waals surface area contributed by atoms with Crippen LogP contribution >= 0.6 is 12.4 Å². The standard InChI is InChI=1S/C15H31N3O.ClH/c1-3-5-10-18-11-7-6-9-13(18)12-17-15(19)14(16)8-4-2;/h13-14H,3-12,16H2,1-2H3,(H,17,19);1H. The molecule has 1 aliphatic heterocycles. The van der Waals surface area contributed by atoms with Gasteiger partial charge in [-0.2, -0.15) is 0 Å². The lowest BCUT2D eigenvalue weighted by molar-refractivity contribution is -0.122. The second-order valence-electron chi connectivity index (χ2n) is 5.68. The van der Waals surface area contributed by atoms with E-state index in [2.05, 4.69) is 24.1 Å². The van der Waals surface area contributed by atoms with E-state index in [4.69, 9.17) is 5.73 Å². The largest absolute Gasteiger partial charge is 0.353 e. The first-order chi connectivity index (χ1) is 9.19. The molecule has 20 heavy (non-hydrogen) atoms. The maximum atomic E-state index is 11.8. The van der Waals surface area contributed by atoms with E-state index in [1.54, 1.807) is 0 Å². The van der Waals surface area contributed by atoms with Crippen LogP contribution in [0.2, 0.25) is 0 Å². The second kappa shape index (κ2) is 11.4. The van der Waals surface area contributed by atoms with Gasteiger partial charge in [0.25, 0.3) is 0 Å². The monoisotopic (exact) mass is 305 g/mol. The smallest absolute Gasteiger partial charge is 0.236 e. The van der Waals surface area contributed by atoms with Gasteiger partial charge in [-0.15, -0.1) is 12.4 Å². The van der Waals surface area contributed by atoms with Crippen LogP contribution in [0, 0.1) is 0 Å². The van der Waals surface area contributed by atoms with E-state index < -0.39 is 0 Å². The Hall–Kier alpha value is -0.320. The molecule has 0 aromatic rings. The minimum atomic E-state index is -0.335.